The Morgan fingerprint density at radius 1 is 1.15 bits per heavy atom. The number of ether oxygens (including phenoxy) is 1. The summed E-state index contributed by atoms with van der Waals surface area (Å²) in [6.45, 7) is 4.77. The van der Waals surface area contributed by atoms with Crippen molar-refractivity contribution in [3.8, 4) is 11.5 Å². The molecular formula is C17H20ClNO. The third-order valence-corrected chi connectivity index (χ3v) is 3.84. The summed E-state index contributed by atoms with van der Waals surface area (Å²) in [5.74, 6) is 1.95. The molecule has 0 saturated heterocycles. The van der Waals surface area contributed by atoms with Crippen LogP contribution < -0.4 is 10.5 Å². The molecule has 0 spiro atoms. The van der Waals surface area contributed by atoms with Crippen LogP contribution in [-0.2, 0) is 6.54 Å². The van der Waals surface area contributed by atoms with Gasteiger partial charge in [-0.15, -0.1) is 0 Å². The molecule has 0 aromatic heterocycles. The van der Waals surface area contributed by atoms with Crippen LogP contribution in [0.25, 0.3) is 0 Å². The van der Waals surface area contributed by atoms with Gasteiger partial charge in [0.25, 0.3) is 0 Å². The molecule has 0 bridgehead atoms. The second kappa shape index (κ2) is 6.78. The first-order valence-electron chi connectivity index (χ1n) is 6.91. The van der Waals surface area contributed by atoms with Gasteiger partial charge in [0.1, 0.15) is 11.5 Å². The fourth-order valence-corrected chi connectivity index (χ4v) is 2.37. The minimum absolute atomic E-state index is 0.404. The molecule has 106 valence electrons. The van der Waals surface area contributed by atoms with Gasteiger partial charge in [-0.3, -0.25) is 0 Å². The highest BCUT2D eigenvalue weighted by molar-refractivity contribution is 6.32. The summed E-state index contributed by atoms with van der Waals surface area (Å²) >= 11 is 6.24. The van der Waals surface area contributed by atoms with Crippen LogP contribution in [0.2, 0.25) is 5.02 Å². The molecule has 2 aromatic rings. The van der Waals surface area contributed by atoms with Gasteiger partial charge in [0.15, 0.2) is 0 Å². The molecule has 0 fully saturated rings. The van der Waals surface area contributed by atoms with Crippen molar-refractivity contribution in [1.82, 2.24) is 0 Å². The van der Waals surface area contributed by atoms with E-state index in [0.717, 1.165) is 17.7 Å². The van der Waals surface area contributed by atoms with Crippen molar-refractivity contribution in [3.63, 3.8) is 0 Å². The maximum Gasteiger partial charge on any atom is 0.150 e. The molecule has 0 radical (unpaired) electrons. The van der Waals surface area contributed by atoms with E-state index in [0.29, 0.717) is 23.2 Å². The molecule has 2 N–H and O–H groups in total. The lowest BCUT2D eigenvalue weighted by Crippen LogP contribution is -2.02. The Morgan fingerprint density at radius 2 is 1.90 bits per heavy atom. The molecule has 3 heteroatoms. The molecule has 0 aliphatic heterocycles. The molecule has 0 saturated carbocycles. The van der Waals surface area contributed by atoms with Gasteiger partial charge in [-0.05, 0) is 30.0 Å². The van der Waals surface area contributed by atoms with E-state index in [1.165, 1.54) is 5.56 Å². The number of benzene rings is 2. The topological polar surface area (TPSA) is 35.2 Å². The zero-order chi connectivity index (χ0) is 14.5. The van der Waals surface area contributed by atoms with E-state index in [9.17, 15) is 0 Å². The Morgan fingerprint density at radius 3 is 2.60 bits per heavy atom. The van der Waals surface area contributed by atoms with Gasteiger partial charge < -0.3 is 10.5 Å². The molecule has 2 rings (SSSR count). The van der Waals surface area contributed by atoms with Crippen LogP contribution in [0, 0.1) is 0 Å². The van der Waals surface area contributed by atoms with Gasteiger partial charge in [0, 0.05) is 12.1 Å². The number of para-hydroxylation sites is 2. The summed E-state index contributed by atoms with van der Waals surface area (Å²) in [5.41, 5.74) is 7.86. The largest absolute Gasteiger partial charge is 0.455 e. The summed E-state index contributed by atoms with van der Waals surface area (Å²) in [6.07, 6.45) is 1.06. The molecular weight excluding hydrogens is 270 g/mol. The first-order valence-corrected chi connectivity index (χ1v) is 7.29. The van der Waals surface area contributed by atoms with Crippen molar-refractivity contribution < 1.29 is 4.74 Å². The lowest BCUT2D eigenvalue weighted by Gasteiger charge is -2.17. The van der Waals surface area contributed by atoms with Gasteiger partial charge in [-0.1, -0.05) is 55.8 Å². The molecule has 1 unspecified atom stereocenters. The van der Waals surface area contributed by atoms with Gasteiger partial charge in [0.2, 0.25) is 0 Å². The highest BCUT2D eigenvalue weighted by Crippen LogP contribution is 2.36. The molecule has 2 aromatic carbocycles. The van der Waals surface area contributed by atoms with Crippen molar-refractivity contribution in [2.75, 3.05) is 0 Å². The van der Waals surface area contributed by atoms with Crippen molar-refractivity contribution in [2.45, 2.75) is 32.7 Å². The average Bonchev–Trinajstić information content (AvgIpc) is 2.49. The summed E-state index contributed by atoms with van der Waals surface area (Å²) in [6, 6.07) is 13.7. The molecule has 0 amide bonds. The Bertz CT molecular complexity index is 583. The smallest absolute Gasteiger partial charge is 0.150 e. The zero-order valence-corrected chi connectivity index (χ0v) is 12.7. The maximum atomic E-state index is 6.24. The van der Waals surface area contributed by atoms with Crippen LogP contribution in [0.15, 0.2) is 42.5 Å². The predicted octanol–water partition coefficient (Wildman–Crippen LogP) is 5.10. The zero-order valence-electron chi connectivity index (χ0n) is 11.9. The maximum absolute atomic E-state index is 6.24. The number of hydrogen-bond acceptors (Lipinski definition) is 2. The van der Waals surface area contributed by atoms with Crippen molar-refractivity contribution in [1.29, 1.82) is 0 Å². The molecule has 20 heavy (non-hydrogen) atoms. The molecule has 2 nitrogen and oxygen atoms in total. The van der Waals surface area contributed by atoms with Gasteiger partial charge >= 0.3 is 0 Å². The van der Waals surface area contributed by atoms with E-state index in [1.54, 1.807) is 0 Å². The lowest BCUT2D eigenvalue weighted by atomic mass is 9.98. The summed E-state index contributed by atoms with van der Waals surface area (Å²) in [5, 5.41) is 0.590. The molecule has 0 aliphatic carbocycles. The Kier molecular flexibility index (Phi) is 5.05. The van der Waals surface area contributed by atoms with Crippen LogP contribution in [0.4, 0.5) is 0 Å². The molecule has 1 atom stereocenters. The highest BCUT2D eigenvalue weighted by atomic mass is 35.5. The van der Waals surface area contributed by atoms with Gasteiger partial charge in [-0.2, -0.15) is 0 Å². The van der Waals surface area contributed by atoms with E-state index >= 15 is 0 Å². The first-order chi connectivity index (χ1) is 9.67. The number of nitrogens with two attached hydrogens (primary N) is 1. The van der Waals surface area contributed by atoms with Crippen LogP contribution in [0.3, 0.4) is 0 Å². The van der Waals surface area contributed by atoms with E-state index < -0.39 is 0 Å². The number of hydrogen-bond donors (Lipinski definition) is 1. The quantitative estimate of drug-likeness (QED) is 0.830. The SMILES string of the molecule is CCC(C)c1ccccc1Oc1c(Cl)cccc1CN. The van der Waals surface area contributed by atoms with Gasteiger partial charge in [0.05, 0.1) is 5.02 Å². The number of halogens is 1. The van der Waals surface area contributed by atoms with Crippen LogP contribution in [0.5, 0.6) is 11.5 Å². The number of rotatable bonds is 5. The summed E-state index contributed by atoms with van der Waals surface area (Å²) in [4.78, 5) is 0. The minimum Gasteiger partial charge on any atom is -0.455 e. The van der Waals surface area contributed by atoms with E-state index in [-0.39, 0.29) is 0 Å². The van der Waals surface area contributed by atoms with Crippen molar-refractivity contribution in [3.05, 3.63) is 58.6 Å². The van der Waals surface area contributed by atoms with Gasteiger partial charge in [-0.25, -0.2) is 0 Å². The van der Waals surface area contributed by atoms with Crippen molar-refractivity contribution >= 4 is 11.6 Å². The average molecular weight is 290 g/mol. The normalized spacial score (nSPS) is 12.2. The first kappa shape index (κ1) is 14.9. The van der Waals surface area contributed by atoms with Crippen molar-refractivity contribution in [2.24, 2.45) is 5.73 Å². The molecule has 0 heterocycles. The monoisotopic (exact) mass is 289 g/mol. The minimum atomic E-state index is 0.404. The standard InChI is InChI=1S/C17H20ClNO/c1-3-12(2)14-8-4-5-10-16(14)20-17-13(11-19)7-6-9-15(17)18/h4-10,12H,3,11,19H2,1-2H3. The van der Waals surface area contributed by atoms with E-state index in [4.69, 9.17) is 22.1 Å². The Balaban J connectivity index is 2.40. The highest BCUT2D eigenvalue weighted by Gasteiger charge is 2.13. The third kappa shape index (κ3) is 3.14. The fraction of sp³-hybridized carbons (Fsp3) is 0.294. The van der Waals surface area contributed by atoms with Crippen LogP contribution >= 0.6 is 11.6 Å². The Hall–Kier alpha value is -1.51. The second-order valence-electron chi connectivity index (χ2n) is 4.88. The Labute approximate surface area is 125 Å². The summed E-state index contributed by atoms with van der Waals surface area (Å²) < 4.78 is 6.07. The second-order valence-corrected chi connectivity index (χ2v) is 5.29. The van der Waals surface area contributed by atoms with E-state index in [2.05, 4.69) is 19.9 Å². The van der Waals surface area contributed by atoms with Crippen LogP contribution in [-0.4, -0.2) is 0 Å². The van der Waals surface area contributed by atoms with Crippen LogP contribution in [0.1, 0.15) is 37.3 Å². The lowest BCUT2D eigenvalue weighted by molar-refractivity contribution is 0.465. The molecule has 0 aliphatic rings. The van der Waals surface area contributed by atoms with E-state index in [1.807, 2.05) is 36.4 Å². The fourth-order valence-electron chi connectivity index (χ4n) is 2.14. The predicted molar refractivity (Wildman–Crippen MR) is 84.6 cm³/mol. The summed E-state index contributed by atoms with van der Waals surface area (Å²) in [7, 11) is 0. The third-order valence-electron chi connectivity index (χ3n) is 3.54.